The summed E-state index contributed by atoms with van der Waals surface area (Å²) in [6, 6.07) is 7.22. The van der Waals surface area contributed by atoms with Gasteiger partial charge in [0.25, 0.3) is 5.91 Å². The molecular weight excluding hydrogens is 286 g/mol. The summed E-state index contributed by atoms with van der Waals surface area (Å²) in [5.74, 6) is 0.298. The lowest BCUT2D eigenvalue weighted by atomic mass is 9.71. The largest absolute Gasteiger partial charge is 0.388 e. The number of rotatable bonds is 4. The summed E-state index contributed by atoms with van der Waals surface area (Å²) in [5.41, 5.74) is 1.12. The van der Waals surface area contributed by atoms with Crippen molar-refractivity contribution in [2.75, 3.05) is 6.54 Å². The topological polar surface area (TPSA) is 49.3 Å². The first kappa shape index (κ1) is 16.3. The number of benzene rings is 1. The van der Waals surface area contributed by atoms with Crippen molar-refractivity contribution in [3.8, 4) is 0 Å². The normalized spacial score (nSPS) is 20.0. The number of alkyl halides is 1. The van der Waals surface area contributed by atoms with Crippen LogP contribution in [0.1, 0.15) is 55.5 Å². The van der Waals surface area contributed by atoms with Gasteiger partial charge in [-0.25, -0.2) is 0 Å². The Bertz CT molecular complexity index is 486. The van der Waals surface area contributed by atoms with Crippen molar-refractivity contribution < 1.29 is 9.90 Å². The van der Waals surface area contributed by atoms with Crippen molar-refractivity contribution in [2.24, 2.45) is 5.41 Å². The fraction of sp³-hybridized carbons (Fsp3) is 0.588. The molecule has 116 valence electrons. The number of carbonyl (C=O) groups is 1. The molecule has 1 aromatic rings. The van der Waals surface area contributed by atoms with E-state index in [0.717, 1.165) is 31.2 Å². The fourth-order valence-electron chi connectivity index (χ4n) is 2.66. The number of hydrogen-bond donors (Lipinski definition) is 2. The highest BCUT2D eigenvalue weighted by atomic mass is 35.5. The SMILES string of the molecule is CC1(C)CCC(O)(CNC(=O)c2ccc(CCl)cc2)CC1. The summed E-state index contributed by atoms with van der Waals surface area (Å²) in [6.07, 6.45) is 3.46. The predicted molar refractivity (Wildman–Crippen MR) is 85.5 cm³/mol. The predicted octanol–water partition coefficient (Wildman–Crippen LogP) is 3.49. The van der Waals surface area contributed by atoms with E-state index in [1.165, 1.54) is 0 Å². The molecule has 0 saturated heterocycles. The summed E-state index contributed by atoms with van der Waals surface area (Å²) in [6.45, 7) is 4.77. The van der Waals surface area contributed by atoms with E-state index in [0.29, 0.717) is 23.4 Å². The second kappa shape index (κ2) is 6.37. The number of nitrogens with one attached hydrogen (secondary N) is 1. The summed E-state index contributed by atoms with van der Waals surface area (Å²) in [4.78, 5) is 12.1. The third kappa shape index (κ3) is 4.45. The van der Waals surface area contributed by atoms with E-state index in [-0.39, 0.29) is 5.91 Å². The van der Waals surface area contributed by atoms with Crippen LogP contribution in [0.5, 0.6) is 0 Å². The Labute approximate surface area is 131 Å². The summed E-state index contributed by atoms with van der Waals surface area (Å²) in [7, 11) is 0. The molecule has 0 aromatic heterocycles. The molecule has 1 fully saturated rings. The van der Waals surface area contributed by atoms with Crippen molar-refractivity contribution in [1.82, 2.24) is 5.32 Å². The highest BCUT2D eigenvalue weighted by molar-refractivity contribution is 6.17. The molecule has 21 heavy (non-hydrogen) atoms. The fourth-order valence-corrected chi connectivity index (χ4v) is 2.84. The van der Waals surface area contributed by atoms with Gasteiger partial charge in [0, 0.05) is 18.0 Å². The van der Waals surface area contributed by atoms with Gasteiger partial charge in [0.2, 0.25) is 0 Å². The first-order valence-corrected chi connectivity index (χ1v) is 8.03. The molecule has 1 aliphatic rings. The van der Waals surface area contributed by atoms with Crippen molar-refractivity contribution in [3.05, 3.63) is 35.4 Å². The average Bonchev–Trinajstić information content (AvgIpc) is 2.49. The Morgan fingerprint density at radius 1 is 1.19 bits per heavy atom. The van der Waals surface area contributed by atoms with Gasteiger partial charge in [0.1, 0.15) is 0 Å². The molecule has 1 aliphatic carbocycles. The molecule has 2 rings (SSSR count). The highest BCUT2D eigenvalue weighted by Gasteiger charge is 2.36. The Hall–Kier alpha value is -1.06. The Kier molecular flexibility index (Phi) is 4.95. The van der Waals surface area contributed by atoms with Crippen molar-refractivity contribution in [2.45, 2.75) is 51.0 Å². The van der Waals surface area contributed by atoms with Gasteiger partial charge in [-0.15, -0.1) is 11.6 Å². The monoisotopic (exact) mass is 309 g/mol. The molecule has 1 amide bonds. The summed E-state index contributed by atoms with van der Waals surface area (Å²) in [5, 5.41) is 13.4. The quantitative estimate of drug-likeness (QED) is 0.837. The number of halogens is 1. The summed E-state index contributed by atoms with van der Waals surface area (Å²) < 4.78 is 0. The van der Waals surface area contributed by atoms with Crippen LogP contribution >= 0.6 is 11.6 Å². The van der Waals surface area contributed by atoms with Gasteiger partial charge in [0.05, 0.1) is 5.60 Å². The maximum Gasteiger partial charge on any atom is 0.251 e. The lowest BCUT2D eigenvalue weighted by Gasteiger charge is -2.40. The van der Waals surface area contributed by atoms with E-state index >= 15 is 0 Å². The maximum absolute atomic E-state index is 12.1. The van der Waals surface area contributed by atoms with Crippen LogP contribution < -0.4 is 5.32 Å². The second-order valence-electron chi connectivity index (χ2n) is 6.90. The molecule has 1 aromatic carbocycles. The molecule has 0 unspecified atom stereocenters. The number of hydrogen-bond acceptors (Lipinski definition) is 2. The van der Waals surface area contributed by atoms with Gasteiger partial charge in [-0.1, -0.05) is 26.0 Å². The minimum absolute atomic E-state index is 0.144. The van der Waals surface area contributed by atoms with Crippen LogP contribution in [0.25, 0.3) is 0 Å². The van der Waals surface area contributed by atoms with E-state index < -0.39 is 5.60 Å². The van der Waals surface area contributed by atoms with Gasteiger partial charge in [-0.05, 0) is 48.8 Å². The number of aliphatic hydroxyl groups is 1. The molecule has 0 bridgehead atoms. The zero-order chi connectivity index (χ0) is 15.5. The Balaban J connectivity index is 1.88. The lowest BCUT2D eigenvalue weighted by Crippen LogP contribution is -2.46. The molecule has 0 heterocycles. The van der Waals surface area contributed by atoms with E-state index in [9.17, 15) is 9.90 Å². The van der Waals surface area contributed by atoms with Gasteiger partial charge in [-0.2, -0.15) is 0 Å². The Morgan fingerprint density at radius 3 is 2.29 bits per heavy atom. The molecule has 3 nitrogen and oxygen atoms in total. The Morgan fingerprint density at radius 2 is 1.76 bits per heavy atom. The van der Waals surface area contributed by atoms with Crippen LogP contribution in [0, 0.1) is 5.41 Å². The molecule has 4 heteroatoms. The first-order chi connectivity index (χ1) is 9.84. The van der Waals surface area contributed by atoms with Crippen LogP contribution in [0.3, 0.4) is 0 Å². The van der Waals surface area contributed by atoms with E-state index in [1.54, 1.807) is 12.1 Å². The van der Waals surface area contributed by atoms with Gasteiger partial charge in [0.15, 0.2) is 0 Å². The zero-order valence-corrected chi connectivity index (χ0v) is 13.5. The smallest absolute Gasteiger partial charge is 0.251 e. The molecule has 1 saturated carbocycles. The zero-order valence-electron chi connectivity index (χ0n) is 12.8. The third-order valence-corrected chi connectivity index (χ3v) is 4.79. The van der Waals surface area contributed by atoms with Crippen LogP contribution in [0.4, 0.5) is 0 Å². The number of amides is 1. The summed E-state index contributed by atoms with van der Waals surface area (Å²) >= 11 is 5.73. The molecule has 2 N–H and O–H groups in total. The second-order valence-corrected chi connectivity index (χ2v) is 7.17. The molecule has 0 radical (unpaired) electrons. The van der Waals surface area contributed by atoms with Gasteiger partial charge >= 0.3 is 0 Å². The molecule has 0 atom stereocenters. The first-order valence-electron chi connectivity index (χ1n) is 7.49. The van der Waals surface area contributed by atoms with Gasteiger partial charge < -0.3 is 10.4 Å². The highest BCUT2D eigenvalue weighted by Crippen LogP contribution is 2.39. The van der Waals surface area contributed by atoms with Crippen molar-refractivity contribution in [1.29, 1.82) is 0 Å². The van der Waals surface area contributed by atoms with Crippen LogP contribution in [-0.2, 0) is 5.88 Å². The third-order valence-electron chi connectivity index (χ3n) is 4.48. The standard InChI is InChI=1S/C17H24ClNO2/c1-16(2)7-9-17(21,10-8-16)12-19-15(20)14-5-3-13(11-18)4-6-14/h3-6,21H,7-12H2,1-2H3,(H,19,20). The van der Waals surface area contributed by atoms with Crippen molar-refractivity contribution >= 4 is 17.5 Å². The van der Waals surface area contributed by atoms with E-state index in [1.807, 2.05) is 12.1 Å². The lowest BCUT2D eigenvalue weighted by molar-refractivity contribution is -0.0233. The average molecular weight is 310 g/mol. The molecule has 0 spiro atoms. The number of carbonyl (C=O) groups excluding carboxylic acids is 1. The minimum atomic E-state index is -0.763. The molecule has 0 aliphatic heterocycles. The van der Waals surface area contributed by atoms with Crippen LogP contribution in [-0.4, -0.2) is 23.2 Å². The van der Waals surface area contributed by atoms with E-state index in [2.05, 4.69) is 19.2 Å². The van der Waals surface area contributed by atoms with Crippen LogP contribution in [0.2, 0.25) is 0 Å². The maximum atomic E-state index is 12.1. The van der Waals surface area contributed by atoms with E-state index in [4.69, 9.17) is 11.6 Å². The van der Waals surface area contributed by atoms with Gasteiger partial charge in [-0.3, -0.25) is 4.79 Å². The van der Waals surface area contributed by atoms with Crippen LogP contribution in [0.15, 0.2) is 24.3 Å². The van der Waals surface area contributed by atoms with Crippen molar-refractivity contribution in [3.63, 3.8) is 0 Å². The molecular formula is C17H24ClNO2. The minimum Gasteiger partial charge on any atom is -0.388 e.